The van der Waals surface area contributed by atoms with Crippen molar-refractivity contribution in [3.8, 4) is 22.8 Å². The Kier molecular flexibility index (Phi) is 6.54. The van der Waals surface area contributed by atoms with Crippen molar-refractivity contribution in [2.24, 2.45) is 5.10 Å². The number of thiazole rings is 1. The van der Waals surface area contributed by atoms with E-state index in [2.05, 4.69) is 15.5 Å². The van der Waals surface area contributed by atoms with Gasteiger partial charge in [0.1, 0.15) is 12.4 Å². The first-order chi connectivity index (χ1) is 15.2. The minimum atomic E-state index is -0.273. The van der Waals surface area contributed by atoms with Crippen LogP contribution < -0.4 is 14.9 Å². The van der Waals surface area contributed by atoms with Crippen molar-refractivity contribution < 1.29 is 13.9 Å². The molecule has 1 heterocycles. The molecule has 0 aliphatic rings. The van der Waals surface area contributed by atoms with Crippen molar-refractivity contribution in [1.82, 2.24) is 4.98 Å². The van der Waals surface area contributed by atoms with Gasteiger partial charge in [0.15, 0.2) is 11.5 Å². The summed E-state index contributed by atoms with van der Waals surface area (Å²) in [5.41, 5.74) is 6.38. The molecule has 4 rings (SSSR count). The van der Waals surface area contributed by atoms with E-state index in [0.717, 1.165) is 22.4 Å². The van der Waals surface area contributed by atoms with Crippen molar-refractivity contribution in [3.05, 3.63) is 95.1 Å². The van der Waals surface area contributed by atoms with Gasteiger partial charge in [0.2, 0.25) is 5.13 Å². The van der Waals surface area contributed by atoms with E-state index in [4.69, 9.17) is 9.47 Å². The van der Waals surface area contributed by atoms with E-state index >= 15 is 0 Å². The van der Waals surface area contributed by atoms with Gasteiger partial charge in [-0.25, -0.2) is 9.37 Å². The van der Waals surface area contributed by atoms with E-state index in [-0.39, 0.29) is 5.82 Å². The zero-order chi connectivity index (χ0) is 21.5. The normalized spacial score (nSPS) is 10.9. The molecule has 0 saturated carbocycles. The summed E-state index contributed by atoms with van der Waals surface area (Å²) in [6.45, 7) is 0.420. The van der Waals surface area contributed by atoms with Gasteiger partial charge < -0.3 is 9.47 Å². The van der Waals surface area contributed by atoms with Crippen LogP contribution >= 0.6 is 11.3 Å². The van der Waals surface area contributed by atoms with Gasteiger partial charge in [-0.05, 0) is 42.0 Å². The minimum Gasteiger partial charge on any atom is -0.493 e. The predicted octanol–water partition coefficient (Wildman–Crippen LogP) is 5.98. The standard InChI is InChI=1S/C24H20FN3O2S/c1-29-22-9-5-8-19(23(22)30-15-17-6-3-2-4-7-17)14-26-28-24-27-21(16-31-24)18-10-12-20(25)13-11-18/h2-14,16H,15H2,1H3,(H,27,28)/b26-14-. The maximum Gasteiger partial charge on any atom is 0.203 e. The highest BCUT2D eigenvalue weighted by Crippen LogP contribution is 2.31. The second-order valence-corrected chi connectivity index (χ2v) is 7.43. The number of hydrazone groups is 1. The number of para-hydroxylation sites is 1. The summed E-state index contributed by atoms with van der Waals surface area (Å²) in [5, 5.41) is 6.83. The number of hydrogen-bond donors (Lipinski definition) is 1. The van der Waals surface area contributed by atoms with E-state index in [0.29, 0.717) is 23.2 Å². The summed E-state index contributed by atoms with van der Waals surface area (Å²) >= 11 is 1.42. The average molecular weight is 434 g/mol. The average Bonchev–Trinajstić information content (AvgIpc) is 3.28. The van der Waals surface area contributed by atoms with Crippen LogP contribution in [0.15, 0.2) is 83.3 Å². The molecule has 31 heavy (non-hydrogen) atoms. The molecule has 4 aromatic rings. The zero-order valence-corrected chi connectivity index (χ0v) is 17.6. The Bertz CT molecular complexity index is 1160. The second-order valence-electron chi connectivity index (χ2n) is 6.57. The van der Waals surface area contributed by atoms with Crippen LogP contribution in [0.4, 0.5) is 9.52 Å². The number of methoxy groups -OCH3 is 1. The second kappa shape index (κ2) is 9.86. The van der Waals surface area contributed by atoms with E-state index in [1.807, 2.05) is 53.9 Å². The molecule has 1 N–H and O–H groups in total. The molecule has 0 spiro atoms. The SMILES string of the molecule is COc1cccc(/C=N\Nc2nc(-c3ccc(F)cc3)cs2)c1OCc1ccccc1. The lowest BCUT2D eigenvalue weighted by molar-refractivity contribution is 0.284. The molecule has 1 aromatic heterocycles. The third kappa shape index (κ3) is 5.26. The number of hydrogen-bond acceptors (Lipinski definition) is 6. The van der Waals surface area contributed by atoms with Crippen LogP contribution in [0.1, 0.15) is 11.1 Å². The Labute approximate surface area is 183 Å². The van der Waals surface area contributed by atoms with Gasteiger partial charge in [-0.2, -0.15) is 5.10 Å². The highest BCUT2D eigenvalue weighted by Gasteiger charge is 2.10. The molecule has 156 valence electrons. The fraction of sp³-hybridized carbons (Fsp3) is 0.0833. The van der Waals surface area contributed by atoms with Crippen LogP contribution in [0.5, 0.6) is 11.5 Å². The summed E-state index contributed by atoms with van der Waals surface area (Å²) < 4.78 is 24.6. The maximum atomic E-state index is 13.1. The first-order valence-corrected chi connectivity index (χ1v) is 10.4. The summed E-state index contributed by atoms with van der Waals surface area (Å²) in [6.07, 6.45) is 1.67. The lowest BCUT2D eigenvalue weighted by Gasteiger charge is -2.13. The van der Waals surface area contributed by atoms with Gasteiger partial charge >= 0.3 is 0 Å². The molecule has 0 saturated heterocycles. The molecule has 3 aromatic carbocycles. The lowest BCUT2D eigenvalue weighted by Crippen LogP contribution is -2.01. The molecular weight excluding hydrogens is 413 g/mol. The third-order valence-corrected chi connectivity index (χ3v) is 5.21. The first kappa shape index (κ1) is 20.6. The monoisotopic (exact) mass is 433 g/mol. The fourth-order valence-electron chi connectivity index (χ4n) is 2.91. The number of nitrogens with zero attached hydrogens (tertiary/aromatic N) is 2. The first-order valence-electron chi connectivity index (χ1n) is 9.57. The third-order valence-electron chi connectivity index (χ3n) is 4.46. The van der Waals surface area contributed by atoms with Gasteiger partial charge in [0.05, 0.1) is 19.0 Å². The Morgan fingerprint density at radius 1 is 1.03 bits per heavy atom. The summed E-state index contributed by atoms with van der Waals surface area (Å²) in [7, 11) is 1.61. The molecule has 0 atom stereocenters. The van der Waals surface area contributed by atoms with Gasteiger partial charge in [-0.1, -0.05) is 36.4 Å². The quantitative estimate of drug-likeness (QED) is 0.274. The number of halogens is 1. The van der Waals surface area contributed by atoms with Crippen molar-refractivity contribution in [3.63, 3.8) is 0 Å². The molecule has 0 aliphatic carbocycles. The largest absolute Gasteiger partial charge is 0.493 e. The summed E-state index contributed by atoms with van der Waals surface area (Å²) in [4.78, 5) is 4.49. The molecule has 0 bridgehead atoms. The number of benzene rings is 3. The lowest BCUT2D eigenvalue weighted by atomic mass is 10.2. The van der Waals surface area contributed by atoms with Crippen molar-refractivity contribution in [2.45, 2.75) is 6.61 Å². The zero-order valence-electron chi connectivity index (χ0n) is 16.8. The molecule has 0 unspecified atom stereocenters. The van der Waals surface area contributed by atoms with Gasteiger partial charge in [-0.3, -0.25) is 5.43 Å². The minimum absolute atomic E-state index is 0.273. The summed E-state index contributed by atoms with van der Waals surface area (Å²) in [5.74, 6) is 0.976. The predicted molar refractivity (Wildman–Crippen MR) is 122 cm³/mol. The number of nitrogens with one attached hydrogen (secondary N) is 1. The Morgan fingerprint density at radius 2 is 1.84 bits per heavy atom. The van der Waals surface area contributed by atoms with Gasteiger partial charge in [0, 0.05) is 16.5 Å². The van der Waals surface area contributed by atoms with Crippen LogP contribution in [0.3, 0.4) is 0 Å². The van der Waals surface area contributed by atoms with Crippen LogP contribution in [0, 0.1) is 5.82 Å². The molecule has 5 nitrogen and oxygen atoms in total. The molecule has 0 aliphatic heterocycles. The van der Waals surface area contributed by atoms with Crippen LogP contribution in [0.25, 0.3) is 11.3 Å². The number of anilines is 1. The van der Waals surface area contributed by atoms with Crippen molar-refractivity contribution in [2.75, 3.05) is 12.5 Å². The highest BCUT2D eigenvalue weighted by atomic mass is 32.1. The van der Waals surface area contributed by atoms with Gasteiger partial charge in [-0.15, -0.1) is 11.3 Å². The number of rotatable bonds is 8. The van der Waals surface area contributed by atoms with Crippen LogP contribution in [-0.2, 0) is 6.61 Å². The van der Waals surface area contributed by atoms with E-state index in [1.165, 1.54) is 23.5 Å². The highest BCUT2D eigenvalue weighted by molar-refractivity contribution is 7.14. The molecule has 0 radical (unpaired) electrons. The van der Waals surface area contributed by atoms with Crippen LogP contribution in [-0.4, -0.2) is 18.3 Å². The number of ether oxygens (including phenoxy) is 2. The van der Waals surface area contributed by atoms with E-state index in [1.54, 1.807) is 25.5 Å². The molecule has 0 amide bonds. The van der Waals surface area contributed by atoms with Crippen LogP contribution in [0.2, 0.25) is 0 Å². The smallest absolute Gasteiger partial charge is 0.203 e. The number of aromatic nitrogens is 1. The van der Waals surface area contributed by atoms with E-state index < -0.39 is 0 Å². The maximum absolute atomic E-state index is 13.1. The van der Waals surface area contributed by atoms with Crippen molar-refractivity contribution >= 4 is 22.7 Å². The van der Waals surface area contributed by atoms with E-state index in [9.17, 15) is 4.39 Å². The summed E-state index contributed by atoms with van der Waals surface area (Å²) in [6, 6.07) is 21.8. The van der Waals surface area contributed by atoms with Crippen molar-refractivity contribution in [1.29, 1.82) is 0 Å². The topological polar surface area (TPSA) is 55.7 Å². The Morgan fingerprint density at radius 3 is 2.61 bits per heavy atom. The Balaban J connectivity index is 1.47. The fourth-order valence-corrected chi connectivity index (χ4v) is 3.58. The molecule has 0 fully saturated rings. The Hall–Kier alpha value is -3.71. The van der Waals surface area contributed by atoms with Gasteiger partial charge in [0.25, 0.3) is 0 Å². The molecular formula is C24H20FN3O2S. The molecule has 7 heteroatoms.